The first-order valence-corrected chi connectivity index (χ1v) is 9.18. The van der Waals surface area contributed by atoms with Crippen LogP contribution in [0, 0.1) is 13.8 Å². The molecule has 5 heteroatoms. The minimum atomic E-state index is -0.585. The number of amides is 1. The van der Waals surface area contributed by atoms with E-state index in [-0.39, 0.29) is 24.0 Å². The number of ether oxygens (including phenoxy) is 1. The van der Waals surface area contributed by atoms with Gasteiger partial charge in [0.2, 0.25) is 5.78 Å². The highest BCUT2D eigenvalue weighted by Crippen LogP contribution is 2.26. The van der Waals surface area contributed by atoms with Crippen molar-refractivity contribution in [2.75, 3.05) is 6.61 Å². The fraction of sp³-hybridized carbons (Fsp3) is 0.217. The van der Waals surface area contributed by atoms with E-state index >= 15 is 0 Å². The van der Waals surface area contributed by atoms with Gasteiger partial charge in [-0.2, -0.15) is 0 Å². The Hall–Kier alpha value is -3.34. The molecule has 0 radical (unpaired) electrons. The molecule has 1 amide bonds. The Morgan fingerprint density at radius 2 is 1.64 bits per heavy atom. The third kappa shape index (κ3) is 3.83. The molecular formula is C23H24N2O3. The van der Waals surface area contributed by atoms with Crippen molar-refractivity contribution in [2.45, 2.75) is 26.8 Å². The number of hydrogen-bond donors (Lipinski definition) is 1. The van der Waals surface area contributed by atoms with Crippen LogP contribution < -0.4 is 10.5 Å². The average Bonchev–Trinajstić information content (AvgIpc) is 3.00. The zero-order chi connectivity index (χ0) is 20.3. The van der Waals surface area contributed by atoms with Crippen molar-refractivity contribution < 1.29 is 14.3 Å². The summed E-state index contributed by atoms with van der Waals surface area (Å²) in [5.41, 5.74) is 9.32. The van der Waals surface area contributed by atoms with E-state index in [4.69, 9.17) is 10.5 Å². The largest absolute Gasteiger partial charge is 0.485 e. The number of primary amides is 1. The highest BCUT2D eigenvalue weighted by Gasteiger charge is 2.20. The molecule has 2 aromatic carbocycles. The lowest BCUT2D eigenvalue weighted by Gasteiger charge is -2.19. The molecule has 1 aromatic heterocycles. The zero-order valence-electron chi connectivity index (χ0n) is 16.3. The maximum absolute atomic E-state index is 12.8. The SMILES string of the molecule is Cc1cc(C(=O)COc2ccccc2C(N)=O)c(C)n1[C@H](C)c1ccccc1. The molecule has 1 heterocycles. The van der Waals surface area contributed by atoms with Crippen LogP contribution in [-0.4, -0.2) is 22.9 Å². The average molecular weight is 376 g/mol. The van der Waals surface area contributed by atoms with E-state index in [1.165, 1.54) is 5.56 Å². The van der Waals surface area contributed by atoms with E-state index in [0.29, 0.717) is 11.3 Å². The molecule has 2 N–H and O–H groups in total. The lowest BCUT2D eigenvalue weighted by Crippen LogP contribution is -2.17. The Bertz CT molecular complexity index is 1010. The maximum atomic E-state index is 12.8. The van der Waals surface area contributed by atoms with Crippen molar-refractivity contribution in [1.29, 1.82) is 0 Å². The minimum absolute atomic E-state index is 0.110. The molecule has 1 atom stereocenters. The van der Waals surface area contributed by atoms with Crippen LogP contribution in [-0.2, 0) is 0 Å². The molecule has 0 bridgehead atoms. The zero-order valence-corrected chi connectivity index (χ0v) is 16.3. The number of nitrogens with two attached hydrogens (primary N) is 1. The standard InChI is InChI=1S/C23H24N2O3/c1-15-13-20(17(3)25(15)16(2)18-9-5-4-6-10-18)21(26)14-28-22-12-8-7-11-19(22)23(24)27/h4-13,16H,14H2,1-3H3,(H2,24,27)/t16-/m1/s1. The number of para-hydroxylation sites is 1. The van der Waals surface area contributed by atoms with E-state index in [0.717, 1.165) is 11.4 Å². The van der Waals surface area contributed by atoms with Gasteiger partial charge >= 0.3 is 0 Å². The van der Waals surface area contributed by atoms with Gasteiger partial charge in [-0.1, -0.05) is 42.5 Å². The topological polar surface area (TPSA) is 74.3 Å². The summed E-state index contributed by atoms with van der Waals surface area (Å²) in [6, 6.07) is 18.8. The van der Waals surface area contributed by atoms with Crippen LogP contribution in [0.4, 0.5) is 0 Å². The molecule has 28 heavy (non-hydrogen) atoms. The second kappa shape index (κ2) is 8.13. The van der Waals surface area contributed by atoms with Crippen molar-refractivity contribution in [1.82, 2.24) is 4.57 Å². The quantitative estimate of drug-likeness (QED) is 0.632. The van der Waals surface area contributed by atoms with Gasteiger partial charge < -0.3 is 15.0 Å². The van der Waals surface area contributed by atoms with Crippen LogP contribution in [0.25, 0.3) is 0 Å². The Balaban J connectivity index is 1.81. The molecule has 0 saturated carbocycles. The predicted octanol–water partition coefficient (Wildman–Crippen LogP) is 4.07. The van der Waals surface area contributed by atoms with Crippen LogP contribution in [0.15, 0.2) is 60.7 Å². The first-order chi connectivity index (χ1) is 13.4. The summed E-state index contributed by atoms with van der Waals surface area (Å²) < 4.78 is 7.76. The van der Waals surface area contributed by atoms with Crippen LogP contribution in [0.2, 0.25) is 0 Å². The lowest BCUT2D eigenvalue weighted by molar-refractivity contribution is 0.0911. The van der Waals surface area contributed by atoms with Gasteiger partial charge in [0, 0.05) is 17.0 Å². The van der Waals surface area contributed by atoms with Gasteiger partial charge in [0.1, 0.15) is 5.75 Å². The summed E-state index contributed by atoms with van der Waals surface area (Å²) >= 11 is 0. The van der Waals surface area contributed by atoms with E-state index in [2.05, 4.69) is 23.6 Å². The third-order valence-electron chi connectivity index (χ3n) is 4.97. The summed E-state index contributed by atoms with van der Waals surface area (Å²) in [7, 11) is 0. The van der Waals surface area contributed by atoms with Crippen molar-refractivity contribution >= 4 is 11.7 Å². The maximum Gasteiger partial charge on any atom is 0.252 e. The molecular weight excluding hydrogens is 352 g/mol. The van der Waals surface area contributed by atoms with E-state index in [1.54, 1.807) is 24.3 Å². The van der Waals surface area contributed by atoms with Crippen LogP contribution in [0.3, 0.4) is 0 Å². The predicted molar refractivity (Wildman–Crippen MR) is 109 cm³/mol. The number of benzene rings is 2. The lowest BCUT2D eigenvalue weighted by atomic mass is 10.1. The molecule has 0 fully saturated rings. The van der Waals surface area contributed by atoms with E-state index in [9.17, 15) is 9.59 Å². The molecule has 0 saturated heterocycles. The summed E-state index contributed by atoms with van der Waals surface area (Å²) in [4.78, 5) is 24.3. The van der Waals surface area contributed by atoms with Gasteiger partial charge in [-0.15, -0.1) is 0 Å². The molecule has 3 aromatic rings. The molecule has 0 unspecified atom stereocenters. The number of carbonyl (C=O) groups is 2. The smallest absolute Gasteiger partial charge is 0.252 e. The Kier molecular flexibility index (Phi) is 5.64. The molecule has 5 nitrogen and oxygen atoms in total. The van der Waals surface area contributed by atoms with Crippen molar-refractivity contribution in [3.63, 3.8) is 0 Å². The summed E-state index contributed by atoms with van der Waals surface area (Å²) in [5.74, 6) is -0.411. The second-order valence-electron chi connectivity index (χ2n) is 6.81. The summed E-state index contributed by atoms with van der Waals surface area (Å²) in [6.07, 6.45) is 0. The minimum Gasteiger partial charge on any atom is -0.485 e. The number of Topliss-reactive ketones (excluding diaryl/α,β-unsaturated/α-hetero) is 1. The highest BCUT2D eigenvalue weighted by molar-refractivity contribution is 5.99. The number of ketones is 1. The van der Waals surface area contributed by atoms with E-state index in [1.807, 2.05) is 38.1 Å². The normalized spacial score (nSPS) is 11.8. The number of aromatic nitrogens is 1. The summed E-state index contributed by atoms with van der Waals surface area (Å²) in [6.45, 7) is 5.89. The fourth-order valence-corrected chi connectivity index (χ4v) is 3.55. The number of carbonyl (C=O) groups excluding carboxylic acids is 2. The van der Waals surface area contributed by atoms with Crippen molar-refractivity contribution in [3.8, 4) is 5.75 Å². The van der Waals surface area contributed by atoms with Crippen LogP contribution >= 0.6 is 0 Å². The first-order valence-electron chi connectivity index (χ1n) is 9.18. The van der Waals surface area contributed by atoms with Crippen LogP contribution in [0.1, 0.15) is 50.6 Å². The van der Waals surface area contributed by atoms with Gasteiger partial charge in [0.05, 0.1) is 11.6 Å². The van der Waals surface area contributed by atoms with Gasteiger partial charge in [-0.25, -0.2) is 0 Å². The molecule has 0 aliphatic heterocycles. The molecule has 144 valence electrons. The van der Waals surface area contributed by atoms with Gasteiger partial charge in [-0.05, 0) is 44.5 Å². The van der Waals surface area contributed by atoms with Crippen molar-refractivity contribution in [2.24, 2.45) is 5.73 Å². The molecule has 0 aliphatic rings. The van der Waals surface area contributed by atoms with Crippen LogP contribution in [0.5, 0.6) is 5.75 Å². The first kappa shape index (κ1) is 19.4. The number of hydrogen-bond acceptors (Lipinski definition) is 3. The Labute approximate surface area is 164 Å². The molecule has 0 aliphatic carbocycles. The second-order valence-corrected chi connectivity index (χ2v) is 6.81. The van der Waals surface area contributed by atoms with Gasteiger partial charge in [-0.3, -0.25) is 9.59 Å². The molecule has 3 rings (SSSR count). The van der Waals surface area contributed by atoms with Gasteiger partial charge in [0.25, 0.3) is 5.91 Å². The van der Waals surface area contributed by atoms with Gasteiger partial charge in [0.15, 0.2) is 6.61 Å². The summed E-state index contributed by atoms with van der Waals surface area (Å²) in [5, 5.41) is 0. The number of rotatable bonds is 7. The molecule has 0 spiro atoms. The fourth-order valence-electron chi connectivity index (χ4n) is 3.55. The van der Waals surface area contributed by atoms with E-state index < -0.39 is 5.91 Å². The van der Waals surface area contributed by atoms with Crippen molar-refractivity contribution in [3.05, 3.63) is 88.7 Å². The Morgan fingerprint density at radius 1 is 1.00 bits per heavy atom. The number of aryl methyl sites for hydroxylation is 1. The number of nitrogens with zero attached hydrogens (tertiary/aromatic N) is 1. The Morgan fingerprint density at radius 3 is 2.32 bits per heavy atom. The monoisotopic (exact) mass is 376 g/mol. The highest BCUT2D eigenvalue weighted by atomic mass is 16.5. The third-order valence-corrected chi connectivity index (χ3v) is 4.97.